The molecular formula is C18H24BrNO3. The molecule has 1 aliphatic carbocycles. The highest BCUT2D eigenvalue weighted by molar-refractivity contribution is 9.10. The Morgan fingerprint density at radius 1 is 1.30 bits per heavy atom. The zero-order chi connectivity index (χ0) is 16.9. The minimum Gasteiger partial charge on any atom is -0.467 e. The third kappa shape index (κ3) is 4.56. The van der Waals surface area contributed by atoms with Crippen LogP contribution in [-0.4, -0.2) is 24.5 Å². The molecule has 0 saturated heterocycles. The number of carbonyl (C=O) groups excluding carboxylic acids is 2. The number of hydrogen-bond acceptors (Lipinski definition) is 3. The summed E-state index contributed by atoms with van der Waals surface area (Å²) in [5, 5.41) is 2.96. The monoisotopic (exact) mass is 381 g/mol. The SMILES string of the molecule is COC(=O)C1(NC(=O)CCc2ccccc2Br)CCC(C)CC1. The fraction of sp³-hybridized carbons (Fsp3) is 0.556. The molecule has 0 bridgehead atoms. The van der Waals surface area contributed by atoms with E-state index in [1.165, 1.54) is 7.11 Å². The van der Waals surface area contributed by atoms with Crippen molar-refractivity contribution in [3.05, 3.63) is 34.3 Å². The topological polar surface area (TPSA) is 55.4 Å². The molecule has 1 aromatic rings. The minimum atomic E-state index is -0.841. The molecule has 0 aromatic heterocycles. The number of hydrogen-bond donors (Lipinski definition) is 1. The average molecular weight is 382 g/mol. The number of benzene rings is 1. The van der Waals surface area contributed by atoms with Gasteiger partial charge in [0.1, 0.15) is 5.54 Å². The van der Waals surface area contributed by atoms with Gasteiger partial charge in [-0.05, 0) is 49.7 Å². The summed E-state index contributed by atoms with van der Waals surface area (Å²) in [6.07, 6.45) is 4.17. The van der Waals surface area contributed by atoms with Gasteiger partial charge in [0, 0.05) is 10.9 Å². The fourth-order valence-electron chi connectivity index (χ4n) is 3.11. The summed E-state index contributed by atoms with van der Waals surface area (Å²) in [5.41, 5.74) is 0.249. The Morgan fingerprint density at radius 3 is 2.57 bits per heavy atom. The minimum absolute atomic E-state index is 0.0966. The molecule has 2 rings (SSSR count). The van der Waals surface area contributed by atoms with E-state index in [1.807, 2.05) is 24.3 Å². The van der Waals surface area contributed by atoms with Gasteiger partial charge in [0.2, 0.25) is 5.91 Å². The van der Waals surface area contributed by atoms with E-state index in [0.29, 0.717) is 31.6 Å². The van der Waals surface area contributed by atoms with Crippen LogP contribution in [0.2, 0.25) is 0 Å². The van der Waals surface area contributed by atoms with E-state index in [2.05, 4.69) is 28.2 Å². The molecule has 126 valence electrons. The summed E-state index contributed by atoms with van der Waals surface area (Å²) in [5.74, 6) is 0.171. The van der Waals surface area contributed by atoms with Crippen LogP contribution < -0.4 is 5.32 Å². The summed E-state index contributed by atoms with van der Waals surface area (Å²) in [6, 6.07) is 7.86. The predicted molar refractivity (Wildman–Crippen MR) is 93.0 cm³/mol. The van der Waals surface area contributed by atoms with E-state index >= 15 is 0 Å². The molecule has 0 atom stereocenters. The van der Waals surface area contributed by atoms with Crippen LogP contribution in [0.1, 0.15) is 44.6 Å². The zero-order valence-corrected chi connectivity index (χ0v) is 15.3. The summed E-state index contributed by atoms with van der Waals surface area (Å²) >= 11 is 3.49. The van der Waals surface area contributed by atoms with Gasteiger partial charge < -0.3 is 10.1 Å². The van der Waals surface area contributed by atoms with Crippen LogP contribution in [0.4, 0.5) is 0 Å². The first-order valence-corrected chi connectivity index (χ1v) is 8.89. The Bertz CT molecular complexity index is 565. The molecule has 4 nitrogen and oxygen atoms in total. The number of amides is 1. The summed E-state index contributed by atoms with van der Waals surface area (Å²) in [7, 11) is 1.38. The molecular weight excluding hydrogens is 358 g/mol. The van der Waals surface area contributed by atoms with E-state index in [1.54, 1.807) is 0 Å². The largest absolute Gasteiger partial charge is 0.467 e. The third-order valence-electron chi connectivity index (χ3n) is 4.66. The number of halogens is 1. The van der Waals surface area contributed by atoms with Gasteiger partial charge in [0.25, 0.3) is 0 Å². The van der Waals surface area contributed by atoms with Crippen molar-refractivity contribution in [2.75, 3.05) is 7.11 Å². The molecule has 1 saturated carbocycles. The van der Waals surface area contributed by atoms with Crippen LogP contribution in [0.15, 0.2) is 28.7 Å². The first-order chi connectivity index (χ1) is 11.0. The molecule has 5 heteroatoms. The van der Waals surface area contributed by atoms with Crippen molar-refractivity contribution in [1.82, 2.24) is 5.32 Å². The molecule has 23 heavy (non-hydrogen) atoms. The third-order valence-corrected chi connectivity index (χ3v) is 5.44. The highest BCUT2D eigenvalue weighted by Gasteiger charge is 2.43. The second-order valence-corrected chi connectivity index (χ2v) is 7.25. The lowest BCUT2D eigenvalue weighted by atomic mass is 9.77. The number of ether oxygens (including phenoxy) is 1. The maximum absolute atomic E-state index is 12.4. The van der Waals surface area contributed by atoms with Crippen LogP contribution in [-0.2, 0) is 20.7 Å². The normalized spacial score (nSPS) is 24.0. The molecule has 1 fully saturated rings. The van der Waals surface area contributed by atoms with Crippen LogP contribution in [0.3, 0.4) is 0 Å². The Hall–Kier alpha value is -1.36. The van der Waals surface area contributed by atoms with Crippen molar-refractivity contribution >= 4 is 27.8 Å². The number of aryl methyl sites for hydroxylation is 1. The quantitative estimate of drug-likeness (QED) is 0.792. The fourth-order valence-corrected chi connectivity index (χ4v) is 3.59. The van der Waals surface area contributed by atoms with Crippen molar-refractivity contribution in [3.63, 3.8) is 0 Å². The molecule has 1 aromatic carbocycles. The Kier molecular flexibility index (Phi) is 6.22. The Balaban J connectivity index is 1.98. The van der Waals surface area contributed by atoms with Crippen LogP contribution >= 0.6 is 15.9 Å². The molecule has 0 heterocycles. The van der Waals surface area contributed by atoms with Gasteiger partial charge in [-0.1, -0.05) is 41.1 Å². The van der Waals surface area contributed by atoms with E-state index in [4.69, 9.17) is 4.74 Å². The Labute approximate surface area is 146 Å². The van der Waals surface area contributed by atoms with Crippen molar-refractivity contribution < 1.29 is 14.3 Å². The first kappa shape index (κ1) is 18.0. The summed E-state index contributed by atoms with van der Waals surface area (Å²) in [6.45, 7) is 2.18. The van der Waals surface area contributed by atoms with Gasteiger partial charge in [0.15, 0.2) is 0 Å². The van der Waals surface area contributed by atoms with E-state index in [9.17, 15) is 9.59 Å². The highest BCUT2D eigenvalue weighted by Crippen LogP contribution is 2.33. The lowest BCUT2D eigenvalue weighted by molar-refractivity contribution is -0.153. The van der Waals surface area contributed by atoms with Crippen LogP contribution in [0.25, 0.3) is 0 Å². The average Bonchev–Trinajstić information content (AvgIpc) is 2.55. The van der Waals surface area contributed by atoms with Gasteiger partial charge in [-0.25, -0.2) is 4.79 Å². The van der Waals surface area contributed by atoms with Crippen molar-refractivity contribution in [2.45, 2.75) is 51.0 Å². The molecule has 0 aliphatic heterocycles. The molecule has 1 amide bonds. The summed E-state index contributed by atoms with van der Waals surface area (Å²) in [4.78, 5) is 24.6. The molecule has 0 unspecified atom stereocenters. The highest BCUT2D eigenvalue weighted by atomic mass is 79.9. The van der Waals surface area contributed by atoms with Crippen LogP contribution in [0.5, 0.6) is 0 Å². The van der Waals surface area contributed by atoms with Crippen molar-refractivity contribution in [2.24, 2.45) is 5.92 Å². The zero-order valence-electron chi connectivity index (χ0n) is 13.7. The molecule has 1 N–H and O–H groups in total. The van der Waals surface area contributed by atoms with E-state index in [-0.39, 0.29) is 11.9 Å². The first-order valence-electron chi connectivity index (χ1n) is 8.10. The lowest BCUT2D eigenvalue weighted by Gasteiger charge is -2.37. The van der Waals surface area contributed by atoms with Gasteiger partial charge >= 0.3 is 5.97 Å². The second-order valence-electron chi connectivity index (χ2n) is 6.40. The molecule has 1 aliphatic rings. The van der Waals surface area contributed by atoms with E-state index < -0.39 is 5.54 Å². The Morgan fingerprint density at radius 2 is 1.96 bits per heavy atom. The maximum Gasteiger partial charge on any atom is 0.331 e. The number of methoxy groups -OCH3 is 1. The van der Waals surface area contributed by atoms with Crippen LogP contribution in [0, 0.1) is 5.92 Å². The summed E-state index contributed by atoms with van der Waals surface area (Å²) < 4.78 is 5.95. The van der Waals surface area contributed by atoms with Gasteiger partial charge in [-0.3, -0.25) is 4.79 Å². The van der Waals surface area contributed by atoms with Crippen molar-refractivity contribution in [1.29, 1.82) is 0 Å². The number of nitrogens with one attached hydrogen (secondary N) is 1. The second kappa shape index (κ2) is 7.95. The smallest absolute Gasteiger partial charge is 0.331 e. The number of rotatable bonds is 5. The lowest BCUT2D eigenvalue weighted by Crippen LogP contribution is -2.56. The van der Waals surface area contributed by atoms with Crippen molar-refractivity contribution in [3.8, 4) is 0 Å². The van der Waals surface area contributed by atoms with Gasteiger partial charge in [-0.2, -0.15) is 0 Å². The maximum atomic E-state index is 12.4. The standard InChI is InChI=1S/C18H24BrNO3/c1-13-9-11-18(12-10-13,17(22)23-2)20-16(21)8-7-14-5-3-4-6-15(14)19/h3-6,13H,7-12H2,1-2H3,(H,20,21). The molecule has 0 radical (unpaired) electrons. The van der Waals surface area contributed by atoms with Gasteiger partial charge in [-0.15, -0.1) is 0 Å². The van der Waals surface area contributed by atoms with E-state index in [0.717, 1.165) is 22.9 Å². The number of esters is 1. The van der Waals surface area contributed by atoms with Gasteiger partial charge in [0.05, 0.1) is 7.11 Å². The molecule has 0 spiro atoms. The number of carbonyl (C=O) groups is 2. The predicted octanol–water partition coefficient (Wildman–Crippen LogP) is 3.62.